The van der Waals surface area contributed by atoms with Crippen LogP contribution in [0.5, 0.6) is 5.75 Å². The number of methoxy groups -OCH3 is 1. The van der Waals surface area contributed by atoms with Crippen LogP contribution in [0.2, 0.25) is 0 Å². The topological polar surface area (TPSA) is 76.1 Å². The van der Waals surface area contributed by atoms with Crippen molar-refractivity contribution < 1.29 is 24.2 Å². The van der Waals surface area contributed by atoms with Crippen molar-refractivity contribution >= 4 is 11.9 Å². The van der Waals surface area contributed by atoms with Crippen LogP contribution < -0.4 is 4.74 Å². The van der Waals surface area contributed by atoms with Crippen LogP contribution >= 0.6 is 0 Å². The van der Waals surface area contributed by atoms with E-state index in [-0.39, 0.29) is 13.0 Å². The van der Waals surface area contributed by atoms with Crippen molar-refractivity contribution in [2.45, 2.75) is 13.0 Å². The number of nitrogens with zero attached hydrogens (tertiary/aromatic N) is 1. The Bertz CT molecular complexity index is 443. The predicted molar refractivity (Wildman–Crippen MR) is 72.5 cm³/mol. The number of hydrogen-bond acceptors (Lipinski definition) is 5. The molecule has 0 aliphatic rings. The number of benzene rings is 1. The lowest BCUT2D eigenvalue weighted by molar-refractivity contribution is -0.143. The van der Waals surface area contributed by atoms with Gasteiger partial charge in [-0.15, -0.1) is 0 Å². The molecule has 0 saturated carbocycles. The summed E-state index contributed by atoms with van der Waals surface area (Å²) in [5, 5.41) is 8.61. The van der Waals surface area contributed by atoms with E-state index in [4.69, 9.17) is 9.84 Å². The van der Waals surface area contributed by atoms with E-state index in [1.54, 1.807) is 12.1 Å². The Morgan fingerprint density at radius 1 is 1.25 bits per heavy atom. The summed E-state index contributed by atoms with van der Waals surface area (Å²) < 4.78 is 9.71. The first kappa shape index (κ1) is 16.0. The zero-order valence-corrected chi connectivity index (χ0v) is 11.7. The lowest BCUT2D eigenvalue weighted by Crippen LogP contribution is -2.21. The molecule has 1 aromatic carbocycles. The van der Waals surface area contributed by atoms with Gasteiger partial charge in [-0.3, -0.25) is 4.79 Å². The van der Waals surface area contributed by atoms with Gasteiger partial charge in [0.05, 0.1) is 13.5 Å². The molecule has 6 heteroatoms. The molecule has 0 amide bonds. The number of esters is 1. The fourth-order valence-electron chi connectivity index (χ4n) is 1.57. The van der Waals surface area contributed by atoms with Crippen molar-refractivity contribution in [2.24, 2.45) is 0 Å². The van der Waals surface area contributed by atoms with Gasteiger partial charge in [0.1, 0.15) is 5.75 Å². The van der Waals surface area contributed by atoms with Gasteiger partial charge in [-0.25, -0.2) is 4.79 Å². The lowest BCUT2D eigenvalue weighted by atomic mass is 10.2. The Morgan fingerprint density at radius 2 is 1.90 bits per heavy atom. The summed E-state index contributed by atoms with van der Waals surface area (Å²) in [5.41, 5.74) is 1.04. The number of carbonyl (C=O) groups is 2. The normalized spacial score (nSPS) is 10.3. The number of carboxylic acids is 1. The highest BCUT2D eigenvalue weighted by atomic mass is 16.6. The lowest BCUT2D eigenvalue weighted by Gasteiger charge is -2.15. The Hall–Kier alpha value is -2.08. The molecule has 0 aromatic heterocycles. The first-order valence-corrected chi connectivity index (χ1v) is 6.20. The van der Waals surface area contributed by atoms with Crippen LogP contribution in [0.3, 0.4) is 0 Å². The van der Waals surface area contributed by atoms with Crippen LogP contribution in [0.1, 0.15) is 12.0 Å². The van der Waals surface area contributed by atoms with E-state index in [2.05, 4.69) is 4.74 Å². The summed E-state index contributed by atoms with van der Waals surface area (Å²) in [5.74, 6) is -0.641. The van der Waals surface area contributed by atoms with E-state index in [0.29, 0.717) is 18.8 Å². The highest BCUT2D eigenvalue weighted by Crippen LogP contribution is 2.13. The van der Waals surface area contributed by atoms with E-state index in [0.717, 1.165) is 5.56 Å². The average Bonchev–Trinajstić information content (AvgIpc) is 2.44. The van der Waals surface area contributed by atoms with E-state index in [1.807, 2.05) is 24.1 Å². The van der Waals surface area contributed by atoms with Gasteiger partial charge < -0.3 is 19.5 Å². The van der Waals surface area contributed by atoms with Gasteiger partial charge in [-0.2, -0.15) is 0 Å². The summed E-state index contributed by atoms with van der Waals surface area (Å²) >= 11 is 0. The maximum absolute atomic E-state index is 10.9. The number of carbonyl (C=O) groups excluding carboxylic acids is 1. The molecule has 0 fully saturated rings. The highest BCUT2D eigenvalue weighted by molar-refractivity contribution is 5.70. The van der Waals surface area contributed by atoms with E-state index in [1.165, 1.54) is 7.11 Å². The van der Waals surface area contributed by atoms with Crippen molar-refractivity contribution in [2.75, 3.05) is 27.3 Å². The molecule has 0 saturated heterocycles. The molecule has 0 unspecified atom stereocenters. The molecule has 110 valence electrons. The third kappa shape index (κ3) is 6.19. The largest absolute Gasteiger partial charge is 0.482 e. The minimum Gasteiger partial charge on any atom is -0.482 e. The number of rotatable bonds is 8. The molecule has 0 aliphatic carbocycles. The number of aliphatic carboxylic acids is 1. The molecule has 0 radical (unpaired) electrons. The first-order chi connectivity index (χ1) is 9.51. The summed E-state index contributed by atoms with van der Waals surface area (Å²) in [4.78, 5) is 23.3. The molecule has 1 aromatic rings. The van der Waals surface area contributed by atoms with Crippen LogP contribution in [-0.2, 0) is 20.9 Å². The zero-order chi connectivity index (χ0) is 15.0. The van der Waals surface area contributed by atoms with Crippen molar-refractivity contribution in [1.82, 2.24) is 4.90 Å². The van der Waals surface area contributed by atoms with Gasteiger partial charge in [-0.1, -0.05) is 12.1 Å². The van der Waals surface area contributed by atoms with Gasteiger partial charge in [-0.05, 0) is 24.7 Å². The Kier molecular flexibility index (Phi) is 6.52. The summed E-state index contributed by atoms with van der Waals surface area (Å²) in [6.07, 6.45) is 0.122. The number of ether oxygens (including phenoxy) is 2. The second-order valence-corrected chi connectivity index (χ2v) is 4.39. The molecule has 0 bridgehead atoms. The van der Waals surface area contributed by atoms with Gasteiger partial charge >= 0.3 is 11.9 Å². The minimum absolute atomic E-state index is 0.117. The monoisotopic (exact) mass is 281 g/mol. The van der Waals surface area contributed by atoms with Crippen LogP contribution in [0.15, 0.2) is 24.3 Å². The second-order valence-electron chi connectivity index (χ2n) is 4.39. The maximum atomic E-state index is 10.9. The Morgan fingerprint density at radius 3 is 2.45 bits per heavy atom. The Labute approximate surface area is 117 Å². The maximum Gasteiger partial charge on any atom is 0.343 e. The molecular weight excluding hydrogens is 262 g/mol. The molecular formula is C14H19NO5. The van der Waals surface area contributed by atoms with Crippen LogP contribution in [0, 0.1) is 0 Å². The van der Waals surface area contributed by atoms with Crippen molar-refractivity contribution in [3.8, 4) is 5.75 Å². The van der Waals surface area contributed by atoms with E-state index >= 15 is 0 Å². The van der Waals surface area contributed by atoms with E-state index in [9.17, 15) is 9.59 Å². The standard InChI is InChI=1S/C14H19NO5/c1-15(8-7-13(16)17)9-11-3-5-12(6-4-11)20-10-14(18)19-2/h3-6H,7-10H2,1-2H3,(H,16,17). The van der Waals surface area contributed by atoms with Crippen molar-refractivity contribution in [3.63, 3.8) is 0 Å². The Balaban J connectivity index is 2.41. The SMILES string of the molecule is COC(=O)COc1ccc(CN(C)CCC(=O)O)cc1. The highest BCUT2D eigenvalue weighted by Gasteiger charge is 2.05. The minimum atomic E-state index is -0.802. The molecule has 0 atom stereocenters. The van der Waals surface area contributed by atoms with Crippen LogP contribution in [0.25, 0.3) is 0 Å². The molecule has 1 rings (SSSR count). The molecule has 0 heterocycles. The van der Waals surface area contributed by atoms with Gasteiger partial charge in [0, 0.05) is 13.1 Å². The quantitative estimate of drug-likeness (QED) is 0.720. The van der Waals surface area contributed by atoms with Crippen molar-refractivity contribution in [3.05, 3.63) is 29.8 Å². The van der Waals surface area contributed by atoms with Crippen LogP contribution in [0.4, 0.5) is 0 Å². The van der Waals surface area contributed by atoms with E-state index < -0.39 is 11.9 Å². The van der Waals surface area contributed by atoms with Crippen LogP contribution in [-0.4, -0.2) is 49.3 Å². The molecule has 1 N–H and O–H groups in total. The molecule has 20 heavy (non-hydrogen) atoms. The second kappa shape index (κ2) is 8.16. The van der Waals surface area contributed by atoms with Crippen molar-refractivity contribution in [1.29, 1.82) is 0 Å². The number of carboxylic acid groups (broad SMARTS) is 1. The summed E-state index contributed by atoms with van der Waals surface area (Å²) in [7, 11) is 3.17. The average molecular weight is 281 g/mol. The van der Waals surface area contributed by atoms with Gasteiger partial charge in [0.2, 0.25) is 0 Å². The fourth-order valence-corrected chi connectivity index (χ4v) is 1.57. The third-order valence-electron chi connectivity index (χ3n) is 2.67. The smallest absolute Gasteiger partial charge is 0.343 e. The summed E-state index contributed by atoms with van der Waals surface area (Å²) in [6.45, 7) is 1.04. The zero-order valence-electron chi connectivity index (χ0n) is 11.7. The molecule has 6 nitrogen and oxygen atoms in total. The number of hydrogen-bond donors (Lipinski definition) is 1. The summed E-state index contributed by atoms with van der Waals surface area (Å²) in [6, 6.07) is 7.29. The predicted octanol–water partition coefficient (Wildman–Crippen LogP) is 1.14. The van der Waals surface area contributed by atoms with Gasteiger partial charge in [0.15, 0.2) is 6.61 Å². The first-order valence-electron chi connectivity index (χ1n) is 6.20. The molecule has 0 aliphatic heterocycles. The fraction of sp³-hybridized carbons (Fsp3) is 0.429. The van der Waals surface area contributed by atoms with Gasteiger partial charge in [0.25, 0.3) is 0 Å². The third-order valence-corrected chi connectivity index (χ3v) is 2.67. The molecule has 0 spiro atoms.